The molecule has 8 heteroatoms. The Labute approximate surface area is 188 Å². The normalized spacial score (nSPS) is 10.5. The number of nitrogens with zero attached hydrogens (tertiary/aromatic N) is 2. The van der Waals surface area contributed by atoms with Crippen molar-refractivity contribution in [1.82, 2.24) is 0 Å². The van der Waals surface area contributed by atoms with E-state index < -0.39 is 4.92 Å². The summed E-state index contributed by atoms with van der Waals surface area (Å²) in [6.07, 6.45) is 3.81. The molecule has 0 unspecified atom stereocenters. The number of ether oxygens (including phenoxy) is 1. The third-order valence-corrected chi connectivity index (χ3v) is 4.78. The van der Waals surface area contributed by atoms with Crippen LogP contribution in [0.15, 0.2) is 82.3 Å². The Morgan fingerprint density at radius 2 is 1.81 bits per heavy atom. The molecule has 158 valence electrons. The van der Waals surface area contributed by atoms with E-state index in [-0.39, 0.29) is 28.3 Å². The van der Waals surface area contributed by atoms with E-state index in [1.165, 1.54) is 12.1 Å². The van der Waals surface area contributed by atoms with Gasteiger partial charge in [0.05, 0.1) is 4.92 Å². The average molecular weight is 483 g/mol. The minimum Gasteiger partial charge on any atom is -1.00 e. The molecule has 0 saturated carbocycles. The molecule has 2 aromatic carbocycles. The highest BCUT2D eigenvalue weighted by Crippen LogP contribution is 2.22. The fraction of sp³-hybridized carbons (Fsp3) is 0.130. The van der Waals surface area contributed by atoms with Gasteiger partial charge in [0.15, 0.2) is 18.9 Å². The molecule has 31 heavy (non-hydrogen) atoms. The van der Waals surface area contributed by atoms with E-state index in [9.17, 15) is 14.9 Å². The Kier molecular flexibility index (Phi) is 6.81. The van der Waals surface area contributed by atoms with Crippen molar-refractivity contribution in [2.24, 2.45) is 0 Å². The minimum atomic E-state index is -0.395. The number of nitro benzene ring substituents is 1. The van der Waals surface area contributed by atoms with Crippen molar-refractivity contribution in [2.45, 2.75) is 20.1 Å². The number of aryl methyl sites for hydroxylation is 1. The molecule has 0 aliphatic rings. The highest BCUT2D eigenvalue weighted by molar-refractivity contribution is 5.81. The Balaban J connectivity index is 0.00000272. The van der Waals surface area contributed by atoms with Crippen LogP contribution in [0.2, 0.25) is 0 Å². The number of pyridine rings is 1. The zero-order valence-electron chi connectivity index (χ0n) is 16.7. The molecule has 2 aromatic heterocycles. The summed E-state index contributed by atoms with van der Waals surface area (Å²) in [6, 6.07) is 17.4. The molecule has 0 fully saturated rings. The Morgan fingerprint density at radius 3 is 2.55 bits per heavy atom. The van der Waals surface area contributed by atoms with Gasteiger partial charge in [-0.15, -0.1) is 0 Å². The number of fused-ring (bicyclic) bond motifs is 1. The Bertz CT molecular complexity index is 1290. The number of halogens is 1. The van der Waals surface area contributed by atoms with Gasteiger partial charge in [-0.25, -0.2) is 9.36 Å². The fourth-order valence-electron chi connectivity index (χ4n) is 3.23. The standard InChI is InChI=1S/C23H19N2O5.BrH/c1-16-11-23(26)30-22-13-20(5-6-21(16)22)29-15-17-7-9-24(10-8-17)14-18-3-2-4-19(12-18)25(27)28;/h2-13H,14-15H2,1H3;1H/q+1;/p-1. The zero-order chi connectivity index (χ0) is 21.1. The van der Waals surface area contributed by atoms with Gasteiger partial charge in [0.2, 0.25) is 0 Å². The molecule has 0 radical (unpaired) electrons. The molecule has 0 aliphatic heterocycles. The van der Waals surface area contributed by atoms with E-state index in [0.717, 1.165) is 22.1 Å². The molecule has 0 aliphatic carbocycles. The van der Waals surface area contributed by atoms with E-state index in [4.69, 9.17) is 9.15 Å². The average Bonchev–Trinajstić information content (AvgIpc) is 2.73. The summed E-state index contributed by atoms with van der Waals surface area (Å²) in [5, 5.41) is 11.8. The first-order valence-corrected chi connectivity index (χ1v) is 9.36. The summed E-state index contributed by atoms with van der Waals surface area (Å²) in [4.78, 5) is 22.1. The number of nitro groups is 1. The van der Waals surface area contributed by atoms with Gasteiger partial charge in [0, 0.05) is 52.9 Å². The SMILES string of the molecule is Cc1cc(=O)oc2cc(OCc3cc[n+](Cc4cccc([N+](=O)[O-])c4)cc3)ccc12.[Br-]. The van der Waals surface area contributed by atoms with Crippen LogP contribution in [0.3, 0.4) is 0 Å². The molecular weight excluding hydrogens is 464 g/mol. The summed E-state index contributed by atoms with van der Waals surface area (Å²) in [5.41, 5.74) is 2.89. The highest BCUT2D eigenvalue weighted by Gasteiger charge is 2.10. The van der Waals surface area contributed by atoms with Gasteiger partial charge in [-0.3, -0.25) is 10.1 Å². The van der Waals surface area contributed by atoms with Gasteiger partial charge in [-0.2, -0.15) is 0 Å². The highest BCUT2D eigenvalue weighted by atomic mass is 79.9. The predicted octanol–water partition coefficient (Wildman–Crippen LogP) is 0.928. The number of rotatable bonds is 6. The maximum absolute atomic E-state index is 11.6. The van der Waals surface area contributed by atoms with Gasteiger partial charge in [0.1, 0.15) is 17.9 Å². The summed E-state index contributed by atoms with van der Waals surface area (Å²) >= 11 is 0. The van der Waals surface area contributed by atoms with Crippen molar-refractivity contribution < 1.29 is 35.6 Å². The molecule has 2 heterocycles. The molecular formula is C23H19BrN2O5. The van der Waals surface area contributed by atoms with E-state index >= 15 is 0 Å². The van der Waals surface area contributed by atoms with Crippen molar-refractivity contribution in [3.8, 4) is 5.75 Å². The Morgan fingerprint density at radius 1 is 1.03 bits per heavy atom. The molecule has 0 bridgehead atoms. The summed E-state index contributed by atoms with van der Waals surface area (Å²) < 4.78 is 13.0. The summed E-state index contributed by atoms with van der Waals surface area (Å²) in [6.45, 7) is 2.76. The van der Waals surface area contributed by atoms with Crippen LogP contribution in [0.25, 0.3) is 11.0 Å². The molecule has 0 saturated heterocycles. The van der Waals surface area contributed by atoms with Gasteiger partial charge in [-0.05, 0) is 24.6 Å². The summed E-state index contributed by atoms with van der Waals surface area (Å²) in [5.74, 6) is 0.615. The molecule has 0 spiro atoms. The quantitative estimate of drug-likeness (QED) is 0.176. The van der Waals surface area contributed by atoms with E-state index in [2.05, 4.69) is 0 Å². The molecule has 0 amide bonds. The second-order valence-electron chi connectivity index (χ2n) is 7.00. The van der Waals surface area contributed by atoms with Crippen molar-refractivity contribution >= 4 is 16.7 Å². The second-order valence-corrected chi connectivity index (χ2v) is 7.00. The van der Waals surface area contributed by atoms with E-state index in [0.29, 0.717) is 24.5 Å². The lowest BCUT2D eigenvalue weighted by Gasteiger charge is -2.07. The molecule has 0 N–H and O–H groups in total. The van der Waals surface area contributed by atoms with Gasteiger partial charge in [-0.1, -0.05) is 12.1 Å². The van der Waals surface area contributed by atoms with Gasteiger partial charge >= 0.3 is 5.63 Å². The lowest BCUT2D eigenvalue weighted by atomic mass is 10.1. The maximum Gasteiger partial charge on any atom is 0.336 e. The lowest BCUT2D eigenvalue weighted by Crippen LogP contribution is -3.00. The van der Waals surface area contributed by atoms with Crippen LogP contribution in [0.4, 0.5) is 5.69 Å². The van der Waals surface area contributed by atoms with E-state index in [1.807, 2.05) is 54.2 Å². The molecule has 4 aromatic rings. The topological polar surface area (TPSA) is 86.5 Å². The van der Waals surface area contributed by atoms with Crippen LogP contribution in [0.1, 0.15) is 16.7 Å². The maximum atomic E-state index is 11.6. The second kappa shape index (κ2) is 9.53. The number of non-ortho nitro benzene ring substituents is 1. The van der Waals surface area contributed by atoms with Crippen molar-refractivity contribution in [3.63, 3.8) is 0 Å². The van der Waals surface area contributed by atoms with Crippen LogP contribution in [-0.4, -0.2) is 4.92 Å². The van der Waals surface area contributed by atoms with Gasteiger partial charge < -0.3 is 26.1 Å². The zero-order valence-corrected chi connectivity index (χ0v) is 18.2. The molecule has 4 rings (SSSR count). The largest absolute Gasteiger partial charge is 1.00 e. The first kappa shape index (κ1) is 22.2. The van der Waals surface area contributed by atoms with Crippen LogP contribution in [-0.2, 0) is 13.2 Å². The number of benzene rings is 2. The third kappa shape index (κ3) is 5.35. The lowest BCUT2D eigenvalue weighted by molar-refractivity contribution is -0.688. The van der Waals surface area contributed by atoms with Gasteiger partial charge in [0.25, 0.3) is 5.69 Å². The molecule has 0 atom stereocenters. The predicted molar refractivity (Wildman–Crippen MR) is 110 cm³/mol. The smallest absolute Gasteiger partial charge is 0.336 e. The van der Waals surface area contributed by atoms with Crippen LogP contribution < -0.4 is 31.9 Å². The number of hydrogen-bond acceptors (Lipinski definition) is 5. The van der Waals surface area contributed by atoms with Crippen molar-refractivity contribution in [2.75, 3.05) is 0 Å². The fourth-order valence-corrected chi connectivity index (χ4v) is 3.23. The van der Waals surface area contributed by atoms with Crippen LogP contribution in [0.5, 0.6) is 5.75 Å². The first-order valence-electron chi connectivity index (χ1n) is 9.36. The molecule has 7 nitrogen and oxygen atoms in total. The van der Waals surface area contributed by atoms with E-state index in [1.54, 1.807) is 18.2 Å². The number of aromatic nitrogens is 1. The van der Waals surface area contributed by atoms with Crippen molar-refractivity contribution in [1.29, 1.82) is 0 Å². The minimum absolute atomic E-state index is 0. The third-order valence-electron chi connectivity index (χ3n) is 4.78. The monoisotopic (exact) mass is 482 g/mol. The van der Waals surface area contributed by atoms with Crippen LogP contribution in [0, 0.1) is 17.0 Å². The van der Waals surface area contributed by atoms with Crippen molar-refractivity contribution in [3.05, 3.63) is 110 Å². The number of hydrogen-bond donors (Lipinski definition) is 0. The first-order chi connectivity index (χ1) is 14.5. The summed E-state index contributed by atoms with van der Waals surface area (Å²) in [7, 11) is 0. The Hall–Kier alpha value is -3.52. The van der Waals surface area contributed by atoms with Crippen LogP contribution >= 0.6 is 0 Å².